The van der Waals surface area contributed by atoms with Gasteiger partial charge in [-0.05, 0) is 93.8 Å². The molecule has 29 heavy (non-hydrogen) atoms. The Hall–Kier alpha value is -2.33. The highest BCUT2D eigenvalue weighted by atomic mass is 19.1. The number of piperidine rings is 1. The molecule has 0 N–H and O–H groups in total. The van der Waals surface area contributed by atoms with Crippen LogP contribution in [-0.4, -0.2) is 35.7 Å². The summed E-state index contributed by atoms with van der Waals surface area (Å²) in [6, 6.07) is 14.8. The van der Waals surface area contributed by atoms with E-state index in [4.69, 9.17) is 4.74 Å². The van der Waals surface area contributed by atoms with Gasteiger partial charge in [-0.1, -0.05) is 19.3 Å². The Morgan fingerprint density at radius 1 is 0.828 bits per heavy atom. The number of likely N-dealkylation sites (tertiary alicyclic amines) is 1. The van der Waals surface area contributed by atoms with E-state index in [1.54, 1.807) is 12.1 Å². The molecule has 0 radical (unpaired) electrons. The van der Waals surface area contributed by atoms with E-state index in [0.717, 1.165) is 35.4 Å². The number of unbranched alkanes of at least 4 members (excludes halogenated alkanes) is 3. The fraction of sp³-hybridized carbons (Fsp3) is 0.440. The first kappa shape index (κ1) is 20.0. The van der Waals surface area contributed by atoms with Gasteiger partial charge in [0.15, 0.2) is 0 Å². The van der Waals surface area contributed by atoms with Crippen molar-refractivity contribution in [3.05, 3.63) is 60.5 Å². The van der Waals surface area contributed by atoms with Crippen LogP contribution >= 0.6 is 0 Å². The second kappa shape index (κ2) is 9.93. The van der Waals surface area contributed by atoms with Crippen molar-refractivity contribution in [2.24, 2.45) is 0 Å². The van der Waals surface area contributed by atoms with Crippen molar-refractivity contribution in [2.45, 2.75) is 44.9 Å². The van der Waals surface area contributed by atoms with Crippen LogP contribution in [-0.2, 0) is 0 Å². The zero-order chi connectivity index (χ0) is 19.9. The third-order valence-corrected chi connectivity index (χ3v) is 5.85. The van der Waals surface area contributed by atoms with Crippen molar-refractivity contribution in [2.75, 3.05) is 26.2 Å². The highest BCUT2D eigenvalue weighted by Crippen LogP contribution is 2.25. The summed E-state index contributed by atoms with van der Waals surface area (Å²) in [5.74, 6) is 0.704. The zero-order valence-electron chi connectivity index (χ0n) is 17.2. The average molecular weight is 395 g/mol. The first-order valence-corrected chi connectivity index (χ1v) is 11.0. The highest BCUT2D eigenvalue weighted by Gasteiger charge is 2.09. The van der Waals surface area contributed by atoms with Crippen molar-refractivity contribution in [1.82, 2.24) is 9.47 Å². The predicted octanol–water partition coefficient (Wildman–Crippen LogP) is 6.19. The highest BCUT2D eigenvalue weighted by molar-refractivity contribution is 5.83. The molecule has 0 spiro atoms. The maximum Gasteiger partial charge on any atom is 0.123 e. The first-order chi connectivity index (χ1) is 14.3. The Balaban J connectivity index is 1.21. The van der Waals surface area contributed by atoms with Gasteiger partial charge >= 0.3 is 0 Å². The summed E-state index contributed by atoms with van der Waals surface area (Å²) in [7, 11) is 0. The lowest BCUT2D eigenvalue weighted by molar-refractivity contribution is 0.223. The minimum absolute atomic E-state index is 0.215. The molecule has 2 aromatic carbocycles. The number of aromatic nitrogens is 1. The summed E-state index contributed by atoms with van der Waals surface area (Å²) >= 11 is 0. The molecule has 0 atom stereocenters. The summed E-state index contributed by atoms with van der Waals surface area (Å²) in [6.07, 6.45) is 11.1. The molecule has 3 nitrogen and oxygen atoms in total. The van der Waals surface area contributed by atoms with Crippen LogP contribution in [0, 0.1) is 5.82 Å². The fourth-order valence-electron chi connectivity index (χ4n) is 4.20. The van der Waals surface area contributed by atoms with Crippen LogP contribution in [0.15, 0.2) is 54.7 Å². The molecule has 0 amide bonds. The Bertz CT molecular complexity index is 897. The lowest BCUT2D eigenvalue weighted by Crippen LogP contribution is -2.30. The average Bonchev–Trinajstić information content (AvgIpc) is 3.18. The molecule has 1 aliphatic heterocycles. The first-order valence-electron chi connectivity index (χ1n) is 11.0. The molecule has 3 aromatic rings. The maximum atomic E-state index is 13.2. The van der Waals surface area contributed by atoms with Gasteiger partial charge in [-0.15, -0.1) is 0 Å². The number of nitrogens with zero attached hydrogens (tertiary/aromatic N) is 2. The monoisotopic (exact) mass is 394 g/mol. The van der Waals surface area contributed by atoms with E-state index in [1.807, 2.05) is 12.3 Å². The largest absolute Gasteiger partial charge is 0.494 e. The minimum atomic E-state index is -0.215. The Morgan fingerprint density at radius 3 is 2.45 bits per heavy atom. The molecule has 154 valence electrons. The van der Waals surface area contributed by atoms with Gasteiger partial charge in [0.2, 0.25) is 0 Å². The van der Waals surface area contributed by atoms with Gasteiger partial charge in [-0.25, -0.2) is 4.39 Å². The number of halogens is 1. The van der Waals surface area contributed by atoms with E-state index in [0.29, 0.717) is 0 Å². The maximum absolute atomic E-state index is 13.2. The quantitative estimate of drug-likeness (QED) is 0.402. The molecule has 4 rings (SSSR count). The molecule has 0 saturated carbocycles. The van der Waals surface area contributed by atoms with Crippen LogP contribution in [0.5, 0.6) is 5.75 Å². The molecule has 1 saturated heterocycles. The van der Waals surface area contributed by atoms with Crippen LogP contribution in [0.4, 0.5) is 4.39 Å². The number of ether oxygens (including phenoxy) is 1. The van der Waals surface area contributed by atoms with Gasteiger partial charge in [0.05, 0.1) is 12.1 Å². The standard InChI is InChI=1S/C25H31FN2O/c26-22-8-10-23(11-9-22)28-18-14-21-20-24(12-13-25(21)28)29-19-7-2-1-4-15-27-16-5-3-6-17-27/h8-14,18,20H,1-7,15-17,19H2. The van der Waals surface area contributed by atoms with E-state index in [1.165, 1.54) is 70.3 Å². The normalized spacial score (nSPS) is 15.1. The summed E-state index contributed by atoms with van der Waals surface area (Å²) in [6.45, 7) is 4.64. The van der Waals surface area contributed by atoms with Crippen LogP contribution in [0.25, 0.3) is 16.6 Å². The molecule has 1 aliphatic rings. The third-order valence-electron chi connectivity index (χ3n) is 5.85. The smallest absolute Gasteiger partial charge is 0.123 e. The Morgan fingerprint density at radius 2 is 1.62 bits per heavy atom. The van der Waals surface area contributed by atoms with Crippen LogP contribution in [0.2, 0.25) is 0 Å². The molecule has 1 fully saturated rings. The van der Waals surface area contributed by atoms with E-state index in [2.05, 4.69) is 27.7 Å². The van der Waals surface area contributed by atoms with Gasteiger partial charge < -0.3 is 14.2 Å². The molecule has 4 heteroatoms. The molecule has 0 unspecified atom stereocenters. The van der Waals surface area contributed by atoms with Gasteiger partial charge in [-0.2, -0.15) is 0 Å². The fourth-order valence-corrected chi connectivity index (χ4v) is 4.20. The molecular weight excluding hydrogens is 363 g/mol. The molecule has 0 bridgehead atoms. The lowest BCUT2D eigenvalue weighted by atomic mass is 10.1. The number of hydrogen-bond donors (Lipinski definition) is 0. The third kappa shape index (κ3) is 5.39. The van der Waals surface area contributed by atoms with Gasteiger partial charge in [0, 0.05) is 17.3 Å². The van der Waals surface area contributed by atoms with E-state index in [-0.39, 0.29) is 5.82 Å². The van der Waals surface area contributed by atoms with Gasteiger partial charge in [-0.3, -0.25) is 0 Å². The summed E-state index contributed by atoms with van der Waals surface area (Å²) in [5, 5.41) is 1.13. The van der Waals surface area contributed by atoms with Crippen LogP contribution in [0.1, 0.15) is 44.9 Å². The second-order valence-electron chi connectivity index (χ2n) is 8.05. The van der Waals surface area contributed by atoms with Crippen LogP contribution < -0.4 is 4.74 Å². The summed E-state index contributed by atoms with van der Waals surface area (Å²) in [4.78, 5) is 2.62. The van der Waals surface area contributed by atoms with Crippen molar-refractivity contribution >= 4 is 10.9 Å². The minimum Gasteiger partial charge on any atom is -0.494 e. The van der Waals surface area contributed by atoms with Crippen molar-refractivity contribution < 1.29 is 9.13 Å². The summed E-state index contributed by atoms with van der Waals surface area (Å²) in [5.41, 5.74) is 2.06. The summed E-state index contributed by atoms with van der Waals surface area (Å²) < 4.78 is 21.2. The van der Waals surface area contributed by atoms with Crippen molar-refractivity contribution in [3.63, 3.8) is 0 Å². The van der Waals surface area contributed by atoms with Gasteiger partial charge in [0.25, 0.3) is 0 Å². The van der Waals surface area contributed by atoms with Gasteiger partial charge in [0.1, 0.15) is 11.6 Å². The molecule has 0 aliphatic carbocycles. The zero-order valence-corrected chi connectivity index (χ0v) is 17.2. The van der Waals surface area contributed by atoms with Crippen molar-refractivity contribution in [1.29, 1.82) is 0 Å². The lowest BCUT2D eigenvalue weighted by Gasteiger charge is -2.26. The number of hydrogen-bond acceptors (Lipinski definition) is 2. The Labute approximate surface area is 173 Å². The van der Waals surface area contributed by atoms with E-state index >= 15 is 0 Å². The number of fused-ring (bicyclic) bond motifs is 1. The number of rotatable bonds is 9. The SMILES string of the molecule is Fc1ccc(-n2ccc3cc(OCCCCCCN4CCCCC4)ccc32)cc1. The topological polar surface area (TPSA) is 17.4 Å². The van der Waals surface area contributed by atoms with E-state index < -0.39 is 0 Å². The Kier molecular flexibility index (Phi) is 6.83. The second-order valence-corrected chi connectivity index (χ2v) is 8.05. The van der Waals surface area contributed by atoms with Crippen LogP contribution in [0.3, 0.4) is 0 Å². The van der Waals surface area contributed by atoms with Crippen molar-refractivity contribution in [3.8, 4) is 11.4 Å². The molecule has 1 aromatic heterocycles. The van der Waals surface area contributed by atoms with E-state index in [9.17, 15) is 4.39 Å². The molecular formula is C25H31FN2O. The number of benzene rings is 2. The predicted molar refractivity (Wildman–Crippen MR) is 117 cm³/mol. The molecule has 2 heterocycles.